The summed E-state index contributed by atoms with van der Waals surface area (Å²) in [6.07, 6.45) is 7.85. The molecule has 0 N–H and O–H groups in total. The second-order valence-electron chi connectivity index (χ2n) is 7.48. The Kier molecular flexibility index (Phi) is 8.99. The van der Waals surface area contributed by atoms with Crippen LogP contribution >= 0.6 is 0 Å². The standard InChI is InChI=1S/C27H28FNO3/c1-2-3-4-5-6-18-31-25-16-10-21(11-17-25)20-29-24-14-12-22(13-15-24)27(30)32-26-9-7-8-23(28)19-26/h7-17,19-20H,2-6,18H2,1H3. The Balaban J connectivity index is 1.48. The van der Waals surface area contributed by atoms with Crippen molar-refractivity contribution in [3.63, 3.8) is 0 Å². The molecule has 0 radical (unpaired) electrons. The summed E-state index contributed by atoms with van der Waals surface area (Å²) in [6, 6.07) is 20.0. The molecule has 0 aliphatic heterocycles. The van der Waals surface area contributed by atoms with E-state index in [9.17, 15) is 9.18 Å². The molecule has 0 unspecified atom stereocenters. The smallest absolute Gasteiger partial charge is 0.343 e. The highest BCUT2D eigenvalue weighted by Crippen LogP contribution is 2.18. The average Bonchev–Trinajstić information content (AvgIpc) is 2.81. The quantitative estimate of drug-likeness (QED) is 0.140. The number of carbonyl (C=O) groups excluding carboxylic acids is 1. The maximum Gasteiger partial charge on any atom is 0.343 e. The van der Waals surface area contributed by atoms with Gasteiger partial charge in [-0.3, -0.25) is 4.99 Å². The van der Waals surface area contributed by atoms with Gasteiger partial charge >= 0.3 is 5.97 Å². The Morgan fingerprint density at radius 3 is 2.38 bits per heavy atom. The van der Waals surface area contributed by atoms with Crippen molar-refractivity contribution in [1.82, 2.24) is 0 Å². The van der Waals surface area contributed by atoms with Crippen molar-refractivity contribution >= 4 is 17.9 Å². The van der Waals surface area contributed by atoms with Crippen LogP contribution in [0, 0.1) is 5.82 Å². The van der Waals surface area contributed by atoms with E-state index in [-0.39, 0.29) is 5.75 Å². The molecule has 3 aromatic rings. The van der Waals surface area contributed by atoms with Gasteiger partial charge < -0.3 is 9.47 Å². The first-order valence-electron chi connectivity index (χ1n) is 11.0. The molecule has 0 aliphatic carbocycles. The Hall–Kier alpha value is -3.47. The number of halogens is 1. The van der Waals surface area contributed by atoms with Crippen molar-refractivity contribution in [3.8, 4) is 11.5 Å². The lowest BCUT2D eigenvalue weighted by atomic mass is 10.2. The molecule has 0 spiro atoms. The third-order valence-corrected chi connectivity index (χ3v) is 4.87. The zero-order chi connectivity index (χ0) is 22.6. The van der Waals surface area contributed by atoms with E-state index in [1.54, 1.807) is 30.5 Å². The fourth-order valence-corrected chi connectivity index (χ4v) is 3.07. The van der Waals surface area contributed by atoms with Gasteiger partial charge in [0.2, 0.25) is 0 Å². The number of hydrogen-bond donors (Lipinski definition) is 0. The van der Waals surface area contributed by atoms with Crippen molar-refractivity contribution in [2.75, 3.05) is 6.61 Å². The third kappa shape index (κ3) is 7.65. The molecule has 166 valence electrons. The minimum Gasteiger partial charge on any atom is -0.494 e. The number of hydrogen-bond acceptors (Lipinski definition) is 4. The van der Waals surface area contributed by atoms with Gasteiger partial charge in [-0.05, 0) is 72.6 Å². The first-order valence-corrected chi connectivity index (χ1v) is 11.0. The molecule has 4 nitrogen and oxygen atoms in total. The number of carbonyl (C=O) groups is 1. The molecule has 3 rings (SSSR count). The number of unbranched alkanes of at least 4 members (excludes halogenated alkanes) is 4. The molecule has 32 heavy (non-hydrogen) atoms. The summed E-state index contributed by atoms with van der Waals surface area (Å²) >= 11 is 0. The first kappa shape index (κ1) is 23.2. The Bertz CT molecular complexity index is 1010. The molecular weight excluding hydrogens is 405 g/mol. The van der Waals surface area contributed by atoms with E-state index in [4.69, 9.17) is 9.47 Å². The van der Waals surface area contributed by atoms with Gasteiger partial charge in [-0.2, -0.15) is 0 Å². The summed E-state index contributed by atoms with van der Waals surface area (Å²) in [6.45, 7) is 2.95. The highest BCUT2D eigenvalue weighted by molar-refractivity contribution is 5.91. The van der Waals surface area contributed by atoms with E-state index >= 15 is 0 Å². The van der Waals surface area contributed by atoms with Crippen LogP contribution in [0.4, 0.5) is 10.1 Å². The van der Waals surface area contributed by atoms with Crippen LogP contribution in [0.3, 0.4) is 0 Å². The first-order chi connectivity index (χ1) is 15.6. The largest absolute Gasteiger partial charge is 0.494 e. The van der Waals surface area contributed by atoms with Crippen LogP contribution in [-0.2, 0) is 0 Å². The highest BCUT2D eigenvalue weighted by atomic mass is 19.1. The van der Waals surface area contributed by atoms with E-state index in [0.717, 1.165) is 24.3 Å². The molecular formula is C27H28FNO3. The number of ether oxygens (including phenoxy) is 2. The van der Waals surface area contributed by atoms with Gasteiger partial charge in [0.15, 0.2) is 0 Å². The normalized spacial score (nSPS) is 10.9. The van der Waals surface area contributed by atoms with Crippen LogP contribution in [0.2, 0.25) is 0 Å². The van der Waals surface area contributed by atoms with Crippen molar-refractivity contribution in [3.05, 3.63) is 89.7 Å². The van der Waals surface area contributed by atoms with E-state index in [1.807, 2.05) is 24.3 Å². The van der Waals surface area contributed by atoms with Gasteiger partial charge in [-0.25, -0.2) is 9.18 Å². The molecule has 5 heteroatoms. The van der Waals surface area contributed by atoms with Crippen LogP contribution in [0.15, 0.2) is 77.8 Å². The Labute approximate surface area is 188 Å². The average molecular weight is 434 g/mol. The fraction of sp³-hybridized carbons (Fsp3) is 0.259. The molecule has 3 aromatic carbocycles. The van der Waals surface area contributed by atoms with Gasteiger partial charge in [0, 0.05) is 12.3 Å². The summed E-state index contributed by atoms with van der Waals surface area (Å²) in [4.78, 5) is 16.6. The number of benzene rings is 3. The molecule has 0 heterocycles. The summed E-state index contributed by atoms with van der Waals surface area (Å²) < 4.78 is 24.2. The van der Waals surface area contributed by atoms with Gasteiger partial charge in [-0.15, -0.1) is 0 Å². The summed E-state index contributed by atoms with van der Waals surface area (Å²) in [5, 5.41) is 0. The topological polar surface area (TPSA) is 47.9 Å². The predicted octanol–water partition coefficient (Wildman–Crippen LogP) is 7.14. The molecule has 0 amide bonds. The van der Waals surface area contributed by atoms with Crippen LogP contribution in [-0.4, -0.2) is 18.8 Å². The fourth-order valence-electron chi connectivity index (χ4n) is 3.07. The van der Waals surface area contributed by atoms with Crippen molar-refractivity contribution in [2.45, 2.75) is 39.0 Å². The third-order valence-electron chi connectivity index (χ3n) is 4.87. The van der Waals surface area contributed by atoms with Crippen molar-refractivity contribution < 1.29 is 18.7 Å². The molecule has 0 saturated heterocycles. The predicted molar refractivity (Wildman–Crippen MR) is 126 cm³/mol. The maximum absolute atomic E-state index is 13.2. The molecule has 0 saturated carbocycles. The highest BCUT2D eigenvalue weighted by Gasteiger charge is 2.09. The summed E-state index contributed by atoms with van der Waals surface area (Å²) in [7, 11) is 0. The van der Waals surface area contributed by atoms with Gasteiger partial charge in [0.1, 0.15) is 17.3 Å². The number of aliphatic imine (C=N–C) groups is 1. The number of esters is 1. The molecule has 0 atom stereocenters. The summed E-state index contributed by atoms with van der Waals surface area (Å²) in [5.41, 5.74) is 2.03. The van der Waals surface area contributed by atoms with E-state index in [1.165, 1.54) is 49.9 Å². The SMILES string of the molecule is CCCCCCCOc1ccc(C=Nc2ccc(C(=O)Oc3cccc(F)c3)cc2)cc1. The van der Waals surface area contributed by atoms with Crippen LogP contribution in [0.1, 0.15) is 54.9 Å². The van der Waals surface area contributed by atoms with Crippen molar-refractivity contribution in [1.29, 1.82) is 0 Å². The van der Waals surface area contributed by atoms with Gasteiger partial charge in [0.25, 0.3) is 0 Å². The maximum atomic E-state index is 13.2. The Morgan fingerprint density at radius 2 is 1.66 bits per heavy atom. The number of nitrogens with zero attached hydrogens (tertiary/aromatic N) is 1. The van der Waals surface area contributed by atoms with E-state index in [0.29, 0.717) is 11.3 Å². The monoisotopic (exact) mass is 433 g/mol. The van der Waals surface area contributed by atoms with Crippen molar-refractivity contribution in [2.24, 2.45) is 4.99 Å². The molecule has 0 bridgehead atoms. The van der Waals surface area contributed by atoms with Crippen LogP contribution in [0.5, 0.6) is 11.5 Å². The lowest BCUT2D eigenvalue weighted by molar-refractivity contribution is 0.0734. The second-order valence-corrected chi connectivity index (χ2v) is 7.48. The van der Waals surface area contributed by atoms with E-state index < -0.39 is 11.8 Å². The minimum atomic E-state index is -0.549. The zero-order valence-electron chi connectivity index (χ0n) is 18.3. The lowest BCUT2D eigenvalue weighted by Gasteiger charge is -2.06. The molecule has 0 aliphatic rings. The molecule has 0 fully saturated rings. The summed E-state index contributed by atoms with van der Waals surface area (Å²) in [5.74, 6) is 0.0221. The number of rotatable bonds is 11. The zero-order valence-corrected chi connectivity index (χ0v) is 18.3. The van der Waals surface area contributed by atoms with Gasteiger partial charge in [-0.1, -0.05) is 38.7 Å². The van der Waals surface area contributed by atoms with Crippen LogP contribution < -0.4 is 9.47 Å². The second kappa shape index (κ2) is 12.4. The lowest BCUT2D eigenvalue weighted by Crippen LogP contribution is -2.08. The van der Waals surface area contributed by atoms with E-state index in [2.05, 4.69) is 11.9 Å². The van der Waals surface area contributed by atoms with Gasteiger partial charge in [0.05, 0.1) is 17.9 Å². The molecule has 0 aromatic heterocycles. The van der Waals surface area contributed by atoms with Crippen LogP contribution in [0.25, 0.3) is 0 Å². The Morgan fingerprint density at radius 1 is 0.906 bits per heavy atom. The minimum absolute atomic E-state index is 0.168.